The van der Waals surface area contributed by atoms with Gasteiger partial charge in [-0.2, -0.15) is 21.1 Å². The molecule has 18 heavy (non-hydrogen) atoms. The molecule has 0 fully saturated rings. The smallest absolute Gasteiger partial charge is 0.189 e. The molecule has 0 aliphatic rings. The Kier molecular flexibility index (Phi) is 11.8. The summed E-state index contributed by atoms with van der Waals surface area (Å²) < 4.78 is 0. The van der Waals surface area contributed by atoms with Gasteiger partial charge in [0.25, 0.3) is 0 Å². The van der Waals surface area contributed by atoms with Crippen LogP contribution < -0.4 is 18.9 Å². The van der Waals surface area contributed by atoms with Crippen molar-refractivity contribution in [3.63, 3.8) is 0 Å². The second-order valence-electron chi connectivity index (χ2n) is 8.25. The normalized spacial score (nSPS) is 12.7. The van der Waals surface area contributed by atoms with Gasteiger partial charge in [0.15, 0.2) is 0 Å². The fourth-order valence-corrected chi connectivity index (χ4v) is 13.7. The van der Waals surface area contributed by atoms with Gasteiger partial charge in [-0.15, -0.1) is 0 Å². The first-order valence-electron chi connectivity index (χ1n) is 7.88. The van der Waals surface area contributed by atoms with Crippen LogP contribution in [0.2, 0.25) is 21.1 Å². The molecule has 104 valence electrons. The average Bonchev–Trinajstić information content (AvgIpc) is 1.95. The third-order valence-corrected chi connectivity index (χ3v) is 11.7. The summed E-state index contributed by atoms with van der Waals surface area (Å²) in [4.78, 5) is 0. The van der Waals surface area contributed by atoms with Crippen LogP contribution in [-0.2, 0) is 0 Å². The van der Waals surface area contributed by atoms with Gasteiger partial charge in [0.2, 0.25) is 0 Å². The van der Waals surface area contributed by atoms with Crippen molar-refractivity contribution in [3.05, 3.63) is 0 Å². The van der Waals surface area contributed by atoms with Crippen molar-refractivity contribution in [1.29, 1.82) is 0 Å². The molecule has 0 amide bonds. The maximum absolute atomic E-state index is 2.43. The molecule has 0 heterocycles. The molecule has 0 spiro atoms. The molecule has 0 aromatic carbocycles. The summed E-state index contributed by atoms with van der Waals surface area (Å²) >= 11 is -1.38. The SMILES string of the molecule is CC(C)[CH2][Al-]([CH2]C(C)C)([CH2]C(C)C)[CH2]C(C)C.[Li+]. The largest absolute Gasteiger partial charge is 1.00 e. The molecule has 0 unspecified atom stereocenters. The summed E-state index contributed by atoms with van der Waals surface area (Å²) in [5.41, 5.74) is 0. The standard InChI is InChI=1S/4C4H9.Al.Li/c4*1-4(2)3;;/h4*4H,1H2,2-3H3;;/q;;;;-1;+1. The third-order valence-electron chi connectivity index (χ3n) is 3.89. The Morgan fingerprint density at radius 2 is 0.667 bits per heavy atom. The molecule has 0 bridgehead atoms. The van der Waals surface area contributed by atoms with Crippen LogP contribution in [0.3, 0.4) is 0 Å². The van der Waals surface area contributed by atoms with Gasteiger partial charge in [-0.05, 0) is 0 Å². The van der Waals surface area contributed by atoms with E-state index in [0.717, 1.165) is 23.7 Å². The Morgan fingerprint density at radius 3 is 0.778 bits per heavy atom. The predicted octanol–water partition coefficient (Wildman–Crippen LogP) is 3.06. The maximum Gasteiger partial charge on any atom is 1.00 e. The van der Waals surface area contributed by atoms with Crippen molar-refractivity contribution in [2.24, 2.45) is 23.7 Å². The van der Waals surface area contributed by atoms with Gasteiger partial charge >= 0.3 is 18.9 Å². The third kappa shape index (κ3) is 9.98. The Morgan fingerprint density at radius 1 is 0.500 bits per heavy atom. The molecule has 0 nitrogen and oxygen atoms in total. The van der Waals surface area contributed by atoms with Crippen molar-refractivity contribution >= 4 is 13.1 Å². The topological polar surface area (TPSA) is 0 Å². The van der Waals surface area contributed by atoms with Crippen LogP contribution in [0.15, 0.2) is 0 Å². The molecule has 0 saturated heterocycles. The summed E-state index contributed by atoms with van der Waals surface area (Å²) in [6.45, 7) is 19.4. The second-order valence-corrected chi connectivity index (χ2v) is 13.6. The Bertz CT molecular complexity index is 152. The van der Waals surface area contributed by atoms with Crippen LogP contribution in [0.5, 0.6) is 0 Å². The van der Waals surface area contributed by atoms with Crippen molar-refractivity contribution in [2.45, 2.75) is 76.5 Å². The van der Waals surface area contributed by atoms with E-state index < -0.39 is 13.1 Å². The fourth-order valence-electron chi connectivity index (χ4n) is 4.58. The van der Waals surface area contributed by atoms with Gasteiger partial charge in [-0.3, -0.25) is 0 Å². The fraction of sp³-hybridized carbons (Fsp3) is 1.00. The minimum absolute atomic E-state index is 0. The minimum atomic E-state index is -1.38. The van der Waals surface area contributed by atoms with Gasteiger partial charge in [-0.1, -0.05) is 79.1 Å². The molecule has 0 aromatic heterocycles. The number of rotatable bonds is 8. The van der Waals surface area contributed by atoms with Gasteiger partial charge < -0.3 is 0 Å². The average molecular weight is 262 g/mol. The van der Waals surface area contributed by atoms with Crippen LogP contribution in [0, 0.1) is 23.7 Å². The van der Waals surface area contributed by atoms with Crippen LogP contribution in [-0.4, -0.2) is 13.1 Å². The zero-order valence-electron chi connectivity index (χ0n) is 14.7. The van der Waals surface area contributed by atoms with Crippen molar-refractivity contribution in [2.75, 3.05) is 0 Å². The van der Waals surface area contributed by atoms with E-state index in [2.05, 4.69) is 55.4 Å². The van der Waals surface area contributed by atoms with E-state index in [1.165, 1.54) is 0 Å². The van der Waals surface area contributed by atoms with E-state index in [-0.39, 0.29) is 18.9 Å². The first-order chi connectivity index (χ1) is 7.67. The molecule has 0 saturated carbocycles. The zero-order chi connectivity index (χ0) is 13.6. The molecular formula is C16H36AlLi. The summed E-state index contributed by atoms with van der Waals surface area (Å²) in [5, 5.41) is 6.28. The van der Waals surface area contributed by atoms with Crippen molar-refractivity contribution < 1.29 is 18.9 Å². The van der Waals surface area contributed by atoms with Gasteiger partial charge in [0.1, 0.15) is 13.1 Å². The molecule has 0 aliphatic heterocycles. The Balaban J connectivity index is 0. The van der Waals surface area contributed by atoms with Gasteiger partial charge in [0, 0.05) is 0 Å². The van der Waals surface area contributed by atoms with E-state index in [1.807, 2.05) is 0 Å². The number of hydrogen-bond acceptors (Lipinski definition) is 0. The predicted molar refractivity (Wildman–Crippen MR) is 84.3 cm³/mol. The molecule has 0 N–H and O–H groups in total. The zero-order valence-corrected chi connectivity index (χ0v) is 15.9. The summed E-state index contributed by atoms with van der Waals surface area (Å²) in [6, 6.07) is 0. The molecular weight excluding hydrogens is 226 g/mol. The van der Waals surface area contributed by atoms with Crippen LogP contribution in [0.4, 0.5) is 0 Å². The Hall–Kier alpha value is 1.13. The van der Waals surface area contributed by atoms with E-state index in [0.29, 0.717) is 0 Å². The summed E-state index contributed by atoms with van der Waals surface area (Å²) in [7, 11) is 0. The van der Waals surface area contributed by atoms with Crippen LogP contribution in [0.1, 0.15) is 55.4 Å². The van der Waals surface area contributed by atoms with E-state index in [4.69, 9.17) is 0 Å². The first kappa shape index (κ1) is 21.4. The van der Waals surface area contributed by atoms with Crippen LogP contribution in [0.25, 0.3) is 0 Å². The van der Waals surface area contributed by atoms with E-state index in [9.17, 15) is 0 Å². The first-order valence-corrected chi connectivity index (χ1v) is 11.2. The summed E-state index contributed by atoms with van der Waals surface area (Å²) in [5.74, 6) is 3.60. The molecule has 2 heteroatoms. The molecule has 0 aromatic rings. The minimum Gasteiger partial charge on any atom is -0.189 e. The molecule has 0 atom stereocenters. The van der Waals surface area contributed by atoms with E-state index in [1.54, 1.807) is 21.1 Å². The van der Waals surface area contributed by atoms with Crippen molar-refractivity contribution in [1.82, 2.24) is 0 Å². The Labute approximate surface area is 132 Å². The maximum atomic E-state index is 2.43. The summed E-state index contributed by atoms with van der Waals surface area (Å²) in [6.07, 6.45) is 0. The molecule has 0 aliphatic carbocycles. The van der Waals surface area contributed by atoms with Gasteiger partial charge in [-0.25, -0.2) is 0 Å². The quantitative estimate of drug-likeness (QED) is 0.590. The molecule has 0 rings (SSSR count). The van der Waals surface area contributed by atoms with Gasteiger partial charge in [0.05, 0.1) is 0 Å². The van der Waals surface area contributed by atoms with Crippen LogP contribution >= 0.6 is 0 Å². The number of hydrogen-bond donors (Lipinski definition) is 0. The van der Waals surface area contributed by atoms with E-state index >= 15 is 0 Å². The molecule has 0 radical (unpaired) electrons. The van der Waals surface area contributed by atoms with Crippen molar-refractivity contribution in [3.8, 4) is 0 Å². The monoisotopic (exact) mass is 262 g/mol. The second kappa shape index (κ2) is 9.94.